The number of rotatable bonds is 4. The van der Waals surface area contributed by atoms with Gasteiger partial charge in [-0.3, -0.25) is 9.78 Å². The molecule has 0 aliphatic heterocycles. The predicted octanol–water partition coefficient (Wildman–Crippen LogP) is 2.59. The molecule has 0 aliphatic rings. The van der Waals surface area contributed by atoms with E-state index in [1.165, 1.54) is 6.20 Å². The Balaban J connectivity index is 2.26. The molecule has 4 nitrogen and oxygen atoms in total. The smallest absolute Gasteiger partial charge is 0.251 e. The molecule has 0 saturated heterocycles. The summed E-state index contributed by atoms with van der Waals surface area (Å²) in [5.41, 5.74) is 2.24. The zero-order valence-electron chi connectivity index (χ0n) is 10.8. The quantitative estimate of drug-likeness (QED) is 0.883. The number of pyridine rings is 1. The molecular formula is C15H16N2O2. The van der Waals surface area contributed by atoms with E-state index in [4.69, 9.17) is 0 Å². The number of carbonyl (C=O) groups is 1. The van der Waals surface area contributed by atoms with E-state index in [9.17, 15) is 9.90 Å². The fraction of sp³-hybridized carbons (Fsp3) is 0.200. The van der Waals surface area contributed by atoms with Crippen molar-refractivity contribution in [1.29, 1.82) is 0 Å². The molecule has 4 heteroatoms. The lowest BCUT2D eigenvalue weighted by Crippen LogP contribution is -2.23. The first-order valence-electron chi connectivity index (χ1n) is 6.23. The third-order valence-corrected chi connectivity index (χ3v) is 2.72. The van der Waals surface area contributed by atoms with Crippen molar-refractivity contribution < 1.29 is 9.90 Å². The van der Waals surface area contributed by atoms with Gasteiger partial charge in [0.15, 0.2) is 0 Å². The summed E-state index contributed by atoms with van der Waals surface area (Å²) in [7, 11) is 0. The summed E-state index contributed by atoms with van der Waals surface area (Å²) in [5.74, 6) is 0.0233. The van der Waals surface area contributed by atoms with Crippen molar-refractivity contribution in [3.63, 3.8) is 0 Å². The summed E-state index contributed by atoms with van der Waals surface area (Å²) in [6, 6.07) is 8.88. The van der Waals surface area contributed by atoms with Gasteiger partial charge in [0, 0.05) is 23.9 Å². The van der Waals surface area contributed by atoms with Gasteiger partial charge < -0.3 is 10.4 Å². The van der Waals surface area contributed by atoms with Gasteiger partial charge in [-0.05, 0) is 30.2 Å². The molecule has 0 atom stereocenters. The first-order valence-corrected chi connectivity index (χ1v) is 6.23. The second-order valence-corrected chi connectivity index (χ2v) is 4.27. The highest BCUT2D eigenvalue weighted by molar-refractivity contribution is 5.95. The minimum absolute atomic E-state index is 0.0863. The third-order valence-electron chi connectivity index (χ3n) is 2.72. The first-order chi connectivity index (χ1) is 9.20. The van der Waals surface area contributed by atoms with Gasteiger partial charge in [0.05, 0.1) is 6.20 Å². The van der Waals surface area contributed by atoms with Crippen LogP contribution in [0.25, 0.3) is 11.1 Å². The van der Waals surface area contributed by atoms with E-state index < -0.39 is 0 Å². The Bertz CT molecular complexity index is 582. The van der Waals surface area contributed by atoms with E-state index in [1.54, 1.807) is 24.4 Å². The van der Waals surface area contributed by atoms with E-state index >= 15 is 0 Å². The molecule has 1 aromatic heterocycles. The van der Waals surface area contributed by atoms with E-state index in [2.05, 4.69) is 10.3 Å². The molecule has 2 rings (SSSR count). The predicted molar refractivity (Wildman–Crippen MR) is 74.0 cm³/mol. The number of nitrogens with one attached hydrogen (secondary N) is 1. The molecule has 98 valence electrons. The molecule has 0 spiro atoms. The Morgan fingerprint density at radius 2 is 2.11 bits per heavy atom. The van der Waals surface area contributed by atoms with Crippen LogP contribution in [-0.4, -0.2) is 22.5 Å². The fourth-order valence-corrected chi connectivity index (χ4v) is 1.77. The highest BCUT2D eigenvalue weighted by Crippen LogP contribution is 2.22. The maximum absolute atomic E-state index is 11.9. The number of carbonyl (C=O) groups excluding carboxylic acids is 1. The summed E-state index contributed by atoms with van der Waals surface area (Å²) >= 11 is 0. The molecule has 19 heavy (non-hydrogen) atoms. The standard InChI is InChI=1S/C15H16N2O2/c1-2-6-17-15(19)12-5-3-4-11(7-12)13-8-14(18)10-16-9-13/h3-5,7-10,18H,2,6H2,1H3,(H,17,19). The maximum atomic E-state index is 11.9. The van der Waals surface area contributed by atoms with Gasteiger partial charge in [0.2, 0.25) is 0 Å². The molecule has 0 fully saturated rings. The Kier molecular flexibility index (Phi) is 4.13. The van der Waals surface area contributed by atoms with Gasteiger partial charge in [0.1, 0.15) is 5.75 Å². The second kappa shape index (κ2) is 6.00. The first kappa shape index (κ1) is 13.1. The van der Waals surface area contributed by atoms with Crippen LogP contribution < -0.4 is 5.32 Å². The lowest BCUT2D eigenvalue weighted by Gasteiger charge is -2.06. The minimum atomic E-state index is -0.0863. The Hall–Kier alpha value is -2.36. The fourth-order valence-electron chi connectivity index (χ4n) is 1.77. The van der Waals surface area contributed by atoms with Crippen LogP contribution in [0.4, 0.5) is 0 Å². The van der Waals surface area contributed by atoms with Crippen LogP contribution in [0.15, 0.2) is 42.7 Å². The number of amides is 1. The number of aromatic nitrogens is 1. The van der Waals surface area contributed by atoms with Crippen molar-refractivity contribution in [3.8, 4) is 16.9 Å². The van der Waals surface area contributed by atoms with Crippen LogP contribution >= 0.6 is 0 Å². The summed E-state index contributed by atoms with van der Waals surface area (Å²) < 4.78 is 0. The number of hydrogen-bond donors (Lipinski definition) is 2. The number of hydrogen-bond acceptors (Lipinski definition) is 3. The molecule has 0 unspecified atom stereocenters. The van der Waals surface area contributed by atoms with Crippen LogP contribution in [0.2, 0.25) is 0 Å². The van der Waals surface area contributed by atoms with E-state index in [0.29, 0.717) is 12.1 Å². The largest absolute Gasteiger partial charge is 0.506 e. The zero-order valence-corrected chi connectivity index (χ0v) is 10.8. The number of nitrogens with zero attached hydrogens (tertiary/aromatic N) is 1. The molecule has 0 saturated carbocycles. The van der Waals surface area contributed by atoms with Gasteiger partial charge >= 0.3 is 0 Å². The summed E-state index contributed by atoms with van der Waals surface area (Å²) in [6.45, 7) is 2.67. The van der Waals surface area contributed by atoms with Crippen molar-refractivity contribution in [1.82, 2.24) is 10.3 Å². The van der Waals surface area contributed by atoms with E-state index in [0.717, 1.165) is 17.5 Å². The summed E-state index contributed by atoms with van der Waals surface area (Å²) in [4.78, 5) is 15.8. The van der Waals surface area contributed by atoms with E-state index in [-0.39, 0.29) is 11.7 Å². The number of aromatic hydroxyl groups is 1. The highest BCUT2D eigenvalue weighted by Gasteiger charge is 2.06. The van der Waals surface area contributed by atoms with Crippen LogP contribution in [-0.2, 0) is 0 Å². The molecule has 1 heterocycles. The van der Waals surface area contributed by atoms with Crippen LogP contribution in [0.1, 0.15) is 23.7 Å². The van der Waals surface area contributed by atoms with Crippen LogP contribution in [0.5, 0.6) is 5.75 Å². The third kappa shape index (κ3) is 3.31. The zero-order chi connectivity index (χ0) is 13.7. The van der Waals surface area contributed by atoms with Gasteiger partial charge in [-0.1, -0.05) is 19.1 Å². The maximum Gasteiger partial charge on any atom is 0.251 e. The lowest BCUT2D eigenvalue weighted by atomic mass is 10.0. The van der Waals surface area contributed by atoms with Crippen molar-refractivity contribution in [2.24, 2.45) is 0 Å². The molecule has 0 bridgehead atoms. The van der Waals surface area contributed by atoms with Crippen LogP contribution in [0, 0.1) is 0 Å². The topological polar surface area (TPSA) is 62.2 Å². The average Bonchev–Trinajstić information content (AvgIpc) is 2.45. The highest BCUT2D eigenvalue weighted by atomic mass is 16.3. The molecule has 0 aliphatic carbocycles. The molecule has 2 aromatic rings. The van der Waals surface area contributed by atoms with Crippen molar-refractivity contribution in [3.05, 3.63) is 48.3 Å². The van der Waals surface area contributed by atoms with Crippen molar-refractivity contribution >= 4 is 5.91 Å². The van der Waals surface area contributed by atoms with Crippen molar-refractivity contribution in [2.75, 3.05) is 6.54 Å². The summed E-state index contributed by atoms with van der Waals surface area (Å²) in [6.07, 6.45) is 3.94. The Morgan fingerprint density at radius 1 is 1.26 bits per heavy atom. The Labute approximate surface area is 112 Å². The number of benzene rings is 1. The van der Waals surface area contributed by atoms with Gasteiger partial charge in [-0.2, -0.15) is 0 Å². The summed E-state index contributed by atoms with van der Waals surface area (Å²) in [5, 5.41) is 12.3. The SMILES string of the molecule is CCCNC(=O)c1cccc(-c2cncc(O)c2)c1. The monoisotopic (exact) mass is 256 g/mol. The van der Waals surface area contributed by atoms with Gasteiger partial charge in [-0.15, -0.1) is 0 Å². The minimum Gasteiger partial charge on any atom is -0.506 e. The van der Waals surface area contributed by atoms with Gasteiger partial charge in [-0.25, -0.2) is 0 Å². The molecule has 1 aromatic carbocycles. The van der Waals surface area contributed by atoms with E-state index in [1.807, 2.05) is 19.1 Å². The average molecular weight is 256 g/mol. The lowest BCUT2D eigenvalue weighted by molar-refractivity contribution is 0.0953. The molecule has 1 amide bonds. The second-order valence-electron chi connectivity index (χ2n) is 4.27. The van der Waals surface area contributed by atoms with Crippen molar-refractivity contribution in [2.45, 2.75) is 13.3 Å². The van der Waals surface area contributed by atoms with Gasteiger partial charge in [0.25, 0.3) is 5.91 Å². The molecule has 2 N–H and O–H groups in total. The normalized spacial score (nSPS) is 10.2. The molecular weight excluding hydrogens is 240 g/mol. The van der Waals surface area contributed by atoms with Crippen LogP contribution in [0.3, 0.4) is 0 Å². The molecule has 0 radical (unpaired) electrons. The Morgan fingerprint density at radius 3 is 2.84 bits per heavy atom.